The lowest BCUT2D eigenvalue weighted by Crippen LogP contribution is -2.46. The van der Waals surface area contributed by atoms with Crippen LogP contribution in [0.1, 0.15) is 33.6 Å². The van der Waals surface area contributed by atoms with E-state index in [2.05, 4.69) is 0 Å². The van der Waals surface area contributed by atoms with Crippen molar-refractivity contribution in [1.82, 2.24) is 4.90 Å². The number of hydrogen-bond donors (Lipinski definition) is 1. The zero-order chi connectivity index (χ0) is 15.6. The van der Waals surface area contributed by atoms with Crippen LogP contribution in [0.15, 0.2) is 0 Å². The molecular formula is C12H21NO6S. The Morgan fingerprint density at radius 1 is 1.35 bits per heavy atom. The monoisotopic (exact) mass is 307 g/mol. The maximum atomic E-state index is 12.1. The largest absolute Gasteiger partial charge is 0.481 e. The first kappa shape index (κ1) is 16.7. The van der Waals surface area contributed by atoms with Gasteiger partial charge in [-0.2, -0.15) is 0 Å². The van der Waals surface area contributed by atoms with Crippen LogP contribution >= 0.6 is 0 Å². The van der Waals surface area contributed by atoms with E-state index in [-0.39, 0.29) is 24.5 Å². The van der Waals surface area contributed by atoms with Gasteiger partial charge in [-0.15, -0.1) is 0 Å². The quantitative estimate of drug-likeness (QED) is 0.813. The number of carboxylic acids is 1. The summed E-state index contributed by atoms with van der Waals surface area (Å²) in [5.74, 6) is -1.51. The molecule has 1 atom stereocenters. The Bertz CT molecular complexity index is 479. The van der Waals surface area contributed by atoms with Crippen LogP contribution < -0.4 is 0 Å². The lowest BCUT2D eigenvalue weighted by molar-refractivity contribution is -0.138. The fourth-order valence-electron chi connectivity index (χ4n) is 2.04. The average molecular weight is 307 g/mol. The summed E-state index contributed by atoms with van der Waals surface area (Å²) in [7, 11) is -3.34. The molecule has 0 radical (unpaired) electrons. The molecule has 1 fully saturated rings. The summed E-state index contributed by atoms with van der Waals surface area (Å²) in [4.78, 5) is 24.2. The van der Waals surface area contributed by atoms with Gasteiger partial charge in [-0.25, -0.2) is 13.2 Å². The lowest BCUT2D eigenvalue weighted by atomic mass is 10.2. The Hall–Kier alpha value is -1.31. The molecule has 1 heterocycles. The summed E-state index contributed by atoms with van der Waals surface area (Å²) in [5.41, 5.74) is -0.712. The number of carbonyl (C=O) groups excluding carboxylic acids is 1. The van der Waals surface area contributed by atoms with Gasteiger partial charge in [0.05, 0.1) is 24.0 Å². The minimum Gasteiger partial charge on any atom is -0.481 e. The summed E-state index contributed by atoms with van der Waals surface area (Å²) in [6, 6.07) is -0.880. The molecule has 7 nitrogen and oxygen atoms in total. The molecule has 0 aromatic rings. The molecule has 1 amide bonds. The van der Waals surface area contributed by atoms with Crippen LogP contribution in [-0.4, -0.2) is 60.2 Å². The van der Waals surface area contributed by atoms with Crippen molar-refractivity contribution in [1.29, 1.82) is 0 Å². The van der Waals surface area contributed by atoms with Gasteiger partial charge in [0, 0.05) is 6.54 Å². The third-order valence-electron chi connectivity index (χ3n) is 2.78. The molecule has 0 aliphatic carbocycles. The number of sulfone groups is 1. The van der Waals surface area contributed by atoms with E-state index in [1.54, 1.807) is 20.8 Å². The molecule has 8 heteroatoms. The number of amides is 1. The van der Waals surface area contributed by atoms with Crippen molar-refractivity contribution in [3.63, 3.8) is 0 Å². The van der Waals surface area contributed by atoms with Gasteiger partial charge in [0.2, 0.25) is 0 Å². The van der Waals surface area contributed by atoms with E-state index < -0.39 is 40.0 Å². The normalized spacial score (nSPS) is 22.9. The Labute approximate surface area is 118 Å². The SMILES string of the molecule is CC(C)(C)OC(=O)N1CCCS(=O)(=O)CC1CC(=O)O. The van der Waals surface area contributed by atoms with Crippen molar-refractivity contribution < 1.29 is 27.9 Å². The van der Waals surface area contributed by atoms with Crippen LogP contribution in [0.3, 0.4) is 0 Å². The van der Waals surface area contributed by atoms with Crippen LogP contribution in [0.4, 0.5) is 4.79 Å². The second-order valence-electron chi connectivity index (χ2n) is 5.89. The molecule has 20 heavy (non-hydrogen) atoms. The zero-order valence-corrected chi connectivity index (χ0v) is 12.8. The van der Waals surface area contributed by atoms with E-state index in [0.717, 1.165) is 0 Å². The first-order valence-corrected chi connectivity index (χ1v) is 8.24. The minimum absolute atomic E-state index is 0.0393. The molecule has 0 aromatic carbocycles. The summed E-state index contributed by atoms with van der Waals surface area (Å²) in [5, 5.41) is 8.89. The third-order valence-corrected chi connectivity index (χ3v) is 4.58. The molecule has 0 aromatic heterocycles. The molecule has 0 bridgehead atoms. The number of rotatable bonds is 2. The Balaban J connectivity index is 2.94. The third kappa shape index (κ3) is 5.36. The zero-order valence-electron chi connectivity index (χ0n) is 12.0. The van der Waals surface area contributed by atoms with Crippen LogP contribution in [0.25, 0.3) is 0 Å². The van der Waals surface area contributed by atoms with Gasteiger partial charge in [-0.3, -0.25) is 4.79 Å². The van der Waals surface area contributed by atoms with Crippen LogP contribution in [0.5, 0.6) is 0 Å². The Morgan fingerprint density at radius 3 is 2.45 bits per heavy atom. The first-order valence-electron chi connectivity index (χ1n) is 6.42. The minimum atomic E-state index is -3.34. The van der Waals surface area contributed by atoms with Gasteiger partial charge in [0.15, 0.2) is 9.84 Å². The predicted octanol–water partition coefficient (Wildman–Crippen LogP) is 0.885. The smallest absolute Gasteiger partial charge is 0.410 e. The van der Waals surface area contributed by atoms with Crippen LogP contribution in [0.2, 0.25) is 0 Å². The summed E-state index contributed by atoms with van der Waals surface area (Å²) in [6.45, 7) is 5.29. The second-order valence-corrected chi connectivity index (χ2v) is 8.12. The van der Waals surface area contributed by atoms with Gasteiger partial charge in [-0.1, -0.05) is 0 Å². The van der Waals surface area contributed by atoms with Gasteiger partial charge >= 0.3 is 12.1 Å². The van der Waals surface area contributed by atoms with Gasteiger partial charge in [0.25, 0.3) is 0 Å². The average Bonchev–Trinajstić information content (AvgIpc) is 2.32. The van der Waals surface area contributed by atoms with Crippen molar-refractivity contribution in [3.8, 4) is 0 Å². The summed E-state index contributed by atoms with van der Waals surface area (Å²) < 4.78 is 28.7. The fraction of sp³-hybridized carbons (Fsp3) is 0.833. The maximum Gasteiger partial charge on any atom is 0.410 e. The predicted molar refractivity (Wildman–Crippen MR) is 72.3 cm³/mol. The van der Waals surface area contributed by atoms with E-state index in [9.17, 15) is 18.0 Å². The summed E-state index contributed by atoms with van der Waals surface area (Å²) in [6.07, 6.45) is -0.781. The van der Waals surface area contributed by atoms with Crippen LogP contribution in [-0.2, 0) is 19.4 Å². The lowest BCUT2D eigenvalue weighted by Gasteiger charge is -2.31. The van der Waals surface area contributed by atoms with E-state index >= 15 is 0 Å². The molecule has 1 saturated heterocycles. The number of aliphatic carboxylic acids is 1. The summed E-state index contributed by atoms with van der Waals surface area (Å²) >= 11 is 0. The molecule has 1 aliphatic rings. The van der Waals surface area contributed by atoms with Gasteiger partial charge in [-0.05, 0) is 27.2 Å². The molecule has 1 unspecified atom stereocenters. The molecule has 1 rings (SSSR count). The Morgan fingerprint density at radius 2 is 1.95 bits per heavy atom. The molecule has 1 N–H and O–H groups in total. The first-order chi connectivity index (χ1) is 9.00. The van der Waals surface area contributed by atoms with Gasteiger partial charge in [0.1, 0.15) is 5.60 Å². The highest BCUT2D eigenvalue weighted by Gasteiger charge is 2.35. The van der Waals surface area contributed by atoms with E-state index in [4.69, 9.17) is 9.84 Å². The van der Waals surface area contributed by atoms with E-state index in [0.29, 0.717) is 0 Å². The number of hydrogen-bond acceptors (Lipinski definition) is 5. The highest BCUT2D eigenvalue weighted by atomic mass is 32.2. The molecule has 1 aliphatic heterocycles. The van der Waals surface area contributed by atoms with E-state index in [1.165, 1.54) is 4.90 Å². The standard InChI is InChI=1S/C12H21NO6S/c1-12(2,3)19-11(16)13-5-4-6-20(17,18)8-9(13)7-10(14)15/h9H,4-8H2,1-3H3,(H,14,15). The molecule has 116 valence electrons. The topological polar surface area (TPSA) is 101 Å². The number of carboxylic acid groups (broad SMARTS) is 1. The molecular weight excluding hydrogens is 286 g/mol. The van der Waals surface area contributed by atoms with Crippen molar-refractivity contribution in [2.75, 3.05) is 18.1 Å². The van der Waals surface area contributed by atoms with Crippen molar-refractivity contribution >= 4 is 21.9 Å². The van der Waals surface area contributed by atoms with Gasteiger partial charge < -0.3 is 14.7 Å². The fourth-order valence-corrected chi connectivity index (χ4v) is 3.66. The van der Waals surface area contributed by atoms with Crippen LogP contribution in [0, 0.1) is 0 Å². The Kier molecular flexibility index (Phi) is 5.01. The maximum absolute atomic E-state index is 12.1. The molecule has 0 saturated carbocycles. The number of carbonyl (C=O) groups is 2. The molecule has 0 spiro atoms. The van der Waals surface area contributed by atoms with E-state index in [1.807, 2.05) is 0 Å². The van der Waals surface area contributed by atoms with Crippen molar-refractivity contribution in [2.45, 2.75) is 45.3 Å². The van der Waals surface area contributed by atoms with Crippen molar-refractivity contribution in [3.05, 3.63) is 0 Å². The highest BCUT2D eigenvalue weighted by Crippen LogP contribution is 2.19. The second kappa shape index (κ2) is 5.99. The van der Waals surface area contributed by atoms with Crippen molar-refractivity contribution in [2.24, 2.45) is 0 Å². The number of nitrogens with zero attached hydrogens (tertiary/aromatic N) is 1. The highest BCUT2D eigenvalue weighted by molar-refractivity contribution is 7.91. The number of ether oxygens (including phenoxy) is 1.